The molecule has 2 aromatic rings. The van der Waals surface area contributed by atoms with Gasteiger partial charge in [0.1, 0.15) is 11.0 Å². The van der Waals surface area contributed by atoms with E-state index in [4.69, 9.17) is 23.2 Å². The van der Waals surface area contributed by atoms with Crippen molar-refractivity contribution in [2.75, 3.05) is 0 Å². The molecule has 0 aromatic carbocycles. The molecule has 0 radical (unpaired) electrons. The predicted molar refractivity (Wildman–Crippen MR) is 67.5 cm³/mol. The fraction of sp³-hybridized carbons (Fsp3) is 0.545. The molecule has 0 bridgehead atoms. The average Bonchev–Trinajstić information content (AvgIpc) is 2.85. The Kier molecular flexibility index (Phi) is 2.71. The molecule has 1 aliphatic rings. The summed E-state index contributed by atoms with van der Waals surface area (Å²) < 4.78 is 1.75. The summed E-state index contributed by atoms with van der Waals surface area (Å²) in [5.74, 6) is 0.487. The number of hydrogen-bond donors (Lipinski definition) is 0. The van der Waals surface area contributed by atoms with Gasteiger partial charge in [0.25, 0.3) is 0 Å². The normalized spacial score (nSPS) is 17.1. The minimum Gasteiger partial charge on any atom is -0.263 e. The topological polar surface area (TPSA) is 43.6 Å². The summed E-state index contributed by atoms with van der Waals surface area (Å²) in [5, 5.41) is 5.11. The summed E-state index contributed by atoms with van der Waals surface area (Å²) in [4.78, 5) is 8.25. The highest BCUT2D eigenvalue weighted by Gasteiger charge is 2.25. The molecule has 0 unspecified atom stereocenters. The first-order valence-electron chi connectivity index (χ1n) is 5.72. The van der Waals surface area contributed by atoms with E-state index in [1.807, 2.05) is 7.05 Å². The van der Waals surface area contributed by atoms with Crippen LogP contribution in [0.15, 0.2) is 0 Å². The van der Waals surface area contributed by atoms with E-state index in [1.165, 1.54) is 25.7 Å². The van der Waals surface area contributed by atoms with Gasteiger partial charge in [0.05, 0.1) is 5.69 Å². The van der Waals surface area contributed by atoms with Crippen molar-refractivity contribution >= 4 is 34.2 Å². The van der Waals surface area contributed by atoms with Crippen LogP contribution in [0.2, 0.25) is 10.4 Å². The highest BCUT2D eigenvalue weighted by Crippen LogP contribution is 2.37. The number of aromatic nitrogens is 4. The number of aryl methyl sites for hydroxylation is 1. The van der Waals surface area contributed by atoms with Crippen LogP contribution in [-0.4, -0.2) is 19.7 Å². The van der Waals surface area contributed by atoms with Gasteiger partial charge in [0, 0.05) is 13.0 Å². The van der Waals surface area contributed by atoms with Crippen LogP contribution in [0, 0.1) is 0 Å². The molecule has 0 atom stereocenters. The lowest BCUT2D eigenvalue weighted by Gasteiger charge is -2.04. The van der Waals surface area contributed by atoms with Crippen molar-refractivity contribution in [3.05, 3.63) is 16.1 Å². The quantitative estimate of drug-likeness (QED) is 0.590. The third kappa shape index (κ3) is 1.79. The van der Waals surface area contributed by atoms with E-state index < -0.39 is 0 Å². The predicted octanol–water partition coefficient (Wildman–Crippen LogP) is 3.33. The molecule has 6 heteroatoms. The summed E-state index contributed by atoms with van der Waals surface area (Å²) in [7, 11) is 1.87. The molecule has 1 fully saturated rings. The molecule has 0 saturated heterocycles. The SMILES string of the molecule is Cn1nc(C2CCCC2)c2nc(Cl)nc(Cl)c21. The fourth-order valence-corrected chi connectivity index (χ4v) is 3.10. The Morgan fingerprint density at radius 2 is 1.88 bits per heavy atom. The Morgan fingerprint density at radius 1 is 1.18 bits per heavy atom. The summed E-state index contributed by atoms with van der Waals surface area (Å²) in [6.45, 7) is 0. The van der Waals surface area contributed by atoms with E-state index in [0.29, 0.717) is 11.1 Å². The van der Waals surface area contributed by atoms with E-state index >= 15 is 0 Å². The van der Waals surface area contributed by atoms with Crippen LogP contribution >= 0.6 is 23.2 Å². The van der Waals surface area contributed by atoms with Gasteiger partial charge in [-0.1, -0.05) is 24.4 Å². The zero-order valence-electron chi connectivity index (χ0n) is 9.45. The number of halogens is 2. The summed E-state index contributed by atoms with van der Waals surface area (Å²) in [5.41, 5.74) is 2.61. The number of nitrogens with zero attached hydrogens (tertiary/aromatic N) is 4. The number of fused-ring (bicyclic) bond motifs is 1. The van der Waals surface area contributed by atoms with Crippen molar-refractivity contribution < 1.29 is 0 Å². The second kappa shape index (κ2) is 4.10. The van der Waals surface area contributed by atoms with Crippen LogP contribution in [0.5, 0.6) is 0 Å². The van der Waals surface area contributed by atoms with Gasteiger partial charge < -0.3 is 0 Å². The van der Waals surface area contributed by atoms with Crippen LogP contribution in [0.1, 0.15) is 37.3 Å². The second-order valence-corrected chi connectivity index (χ2v) is 5.17. The highest BCUT2D eigenvalue weighted by atomic mass is 35.5. The van der Waals surface area contributed by atoms with Gasteiger partial charge in [-0.15, -0.1) is 0 Å². The van der Waals surface area contributed by atoms with Gasteiger partial charge in [-0.3, -0.25) is 4.68 Å². The molecule has 17 heavy (non-hydrogen) atoms. The molecule has 0 N–H and O–H groups in total. The summed E-state index contributed by atoms with van der Waals surface area (Å²) in [6, 6.07) is 0. The minimum atomic E-state index is 0.190. The maximum Gasteiger partial charge on any atom is 0.224 e. The summed E-state index contributed by atoms with van der Waals surface area (Å²) >= 11 is 12.0. The van der Waals surface area contributed by atoms with Crippen molar-refractivity contribution in [2.45, 2.75) is 31.6 Å². The van der Waals surface area contributed by atoms with Gasteiger partial charge in [-0.05, 0) is 24.4 Å². The van der Waals surface area contributed by atoms with Crippen molar-refractivity contribution in [2.24, 2.45) is 7.05 Å². The second-order valence-electron chi connectivity index (χ2n) is 4.47. The van der Waals surface area contributed by atoms with Crippen molar-refractivity contribution in [1.82, 2.24) is 19.7 Å². The maximum absolute atomic E-state index is 6.09. The van der Waals surface area contributed by atoms with Crippen molar-refractivity contribution in [3.63, 3.8) is 0 Å². The van der Waals surface area contributed by atoms with Crippen LogP contribution in [-0.2, 0) is 7.05 Å². The van der Waals surface area contributed by atoms with E-state index in [9.17, 15) is 0 Å². The van der Waals surface area contributed by atoms with E-state index in [0.717, 1.165) is 16.7 Å². The Balaban J connectivity index is 2.25. The zero-order chi connectivity index (χ0) is 12.0. The Labute approximate surface area is 109 Å². The van der Waals surface area contributed by atoms with Gasteiger partial charge >= 0.3 is 0 Å². The van der Waals surface area contributed by atoms with Gasteiger partial charge in [0.2, 0.25) is 5.28 Å². The molecule has 90 valence electrons. The molecule has 1 saturated carbocycles. The van der Waals surface area contributed by atoms with Crippen LogP contribution in [0.3, 0.4) is 0 Å². The minimum absolute atomic E-state index is 0.190. The van der Waals surface area contributed by atoms with Crippen molar-refractivity contribution in [3.8, 4) is 0 Å². The number of hydrogen-bond acceptors (Lipinski definition) is 3. The molecular formula is C11H12Cl2N4. The standard InChI is InChI=1S/C11H12Cl2N4/c1-17-9-8(14-11(13)15-10(9)12)7(16-17)6-4-2-3-5-6/h6H,2-5H2,1H3. The molecule has 1 aliphatic carbocycles. The largest absolute Gasteiger partial charge is 0.263 e. The first-order chi connectivity index (χ1) is 8.16. The smallest absolute Gasteiger partial charge is 0.224 e. The molecule has 3 rings (SSSR count). The average molecular weight is 271 g/mol. The van der Waals surface area contributed by atoms with Crippen LogP contribution < -0.4 is 0 Å². The molecule has 0 aliphatic heterocycles. The van der Waals surface area contributed by atoms with Gasteiger partial charge in [-0.25, -0.2) is 9.97 Å². The summed E-state index contributed by atoms with van der Waals surface area (Å²) in [6.07, 6.45) is 4.86. The van der Waals surface area contributed by atoms with E-state index in [2.05, 4.69) is 15.1 Å². The fourth-order valence-electron chi connectivity index (χ4n) is 2.60. The Hall–Kier alpha value is -0.870. The zero-order valence-corrected chi connectivity index (χ0v) is 11.0. The van der Waals surface area contributed by atoms with Crippen LogP contribution in [0.25, 0.3) is 11.0 Å². The lowest BCUT2D eigenvalue weighted by Crippen LogP contribution is -1.96. The molecule has 2 aromatic heterocycles. The van der Waals surface area contributed by atoms with E-state index in [1.54, 1.807) is 4.68 Å². The molecule has 2 heterocycles. The monoisotopic (exact) mass is 270 g/mol. The van der Waals surface area contributed by atoms with Gasteiger partial charge in [0.15, 0.2) is 5.15 Å². The maximum atomic E-state index is 6.09. The third-order valence-electron chi connectivity index (χ3n) is 3.38. The van der Waals surface area contributed by atoms with Crippen LogP contribution in [0.4, 0.5) is 0 Å². The van der Waals surface area contributed by atoms with E-state index in [-0.39, 0.29) is 5.28 Å². The first kappa shape index (κ1) is 11.2. The Morgan fingerprint density at radius 3 is 2.59 bits per heavy atom. The highest BCUT2D eigenvalue weighted by molar-refractivity contribution is 6.35. The molecule has 0 amide bonds. The lowest BCUT2D eigenvalue weighted by atomic mass is 10.0. The molecule has 0 spiro atoms. The molecular weight excluding hydrogens is 259 g/mol. The van der Waals surface area contributed by atoms with Gasteiger partial charge in [-0.2, -0.15) is 5.10 Å². The van der Waals surface area contributed by atoms with Crippen molar-refractivity contribution in [1.29, 1.82) is 0 Å². The molecule has 4 nitrogen and oxygen atoms in total. The lowest BCUT2D eigenvalue weighted by molar-refractivity contribution is 0.665. The number of rotatable bonds is 1. The third-order valence-corrected chi connectivity index (χ3v) is 3.81. The Bertz CT molecular complexity index is 572. The first-order valence-corrected chi connectivity index (χ1v) is 6.48.